The summed E-state index contributed by atoms with van der Waals surface area (Å²) in [6.07, 6.45) is -1.30. The summed E-state index contributed by atoms with van der Waals surface area (Å²) in [6, 6.07) is 18.8. The van der Waals surface area contributed by atoms with E-state index in [1.54, 1.807) is 30.7 Å². The first-order valence-electron chi connectivity index (χ1n) is 13.6. The molecule has 1 aromatic carbocycles. The summed E-state index contributed by atoms with van der Waals surface area (Å²) in [6.45, 7) is 0.643. The van der Waals surface area contributed by atoms with E-state index in [4.69, 9.17) is 10.8 Å². The molecule has 4 unspecified atom stereocenters. The van der Waals surface area contributed by atoms with E-state index in [1.807, 2.05) is 48.5 Å². The zero-order valence-electron chi connectivity index (χ0n) is 23.6. The number of amides is 1. The van der Waals surface area contributed by atoms with E-state index in [-0.39, 0.29) is 18.9 Å². The van der Waals surface area contributed by atoms with Crippen molar-refractivity contribution in [3.63, 3.8) is 0 Å². The van der Waals surface area contributed by atoms with Crippen molar-refractivity contribution in [2.24, 2.45) is 5.73 Å². The van der Waals surface area contributed by atoms with Crippen LogP contribution in [0.5, 0.6) is 0 Å². The Morgan fingerprint density at radius 2 is 1.48 bits per heavy atom. The maximum absolute atomic E-state index is 12.6. The van der Waals surface area contributed by atoms with Crippen molar-refractivity contribution in [3.05, 3.63) is 102 Å². The number of likely N-dealkylation sites (N-methyl/N-ethyl adjacent to an activating group) is 1. The number of benzene rings is 1. The summed E-state index contributed by atoms with van der Waals surface area (Å²) in [4.78, 5) is 24.8. The number of nitrogens with one attached hydrogen (secondary N) is 1. The number of aromatic nitrogens is 2. The van der Waals surface area contributed by atoms with Crippen LogP contribution < -0.4 is 11.1 Å². The van der Waals surface area contributed by atoms with Gasteiger partial charge in [0, 0.05) is 63.2 Å². The third-order valence-electron chi connectivity index (χ3n) is 6.58. The van der Waals surface area contributed by atoms with Crippen molar-refractivity contribution in [2.45, 2.75) is 43.9 Å². The van der Waals surface area contributed by atoms with Crippen LogP contribution in [0, 0.1) is 0 Å². The molecule has 0 aliphatic carbocycles. The fourth-order valence-corrected chi connectivity index (χ4v) is 4.17. The predicted molar refractivity (Wildman–Crippen MR) is 157 cm³/mol. The number of hydrogen-bond donors (Lipinski definition) is 7. The van der Waals surface area contributed by atoms with Gasteiger partial charge in [-0.05, 0) is 42.0 Å². The Balaban J connectivity index is 1.53. The number of nitrogens with two attached hydrogens (primary N) is 1. The fourth-order valence-electron chi connectivity index (χ4n) is 4.17. The molecule has 12 nitrogen and oxygen atoms in total. The number of aliphatic hydroxyl groups is 5. The highest BCUT2D eigenvalue weighted by Crippen LogP contribution is 2.13. The number of pyridine rings is 2. The quantitative estimate of drug-likeness (QED) is 0.119. The number of nitrogens with zero attached hydrogens (tertiary/aromatic N) is 4. The van der Waals surface area contributed by atoms with Crippen LogP contribution in [-0.2, 0) is 24.3 Å². The zero-order chi connectivity index (χ0) is 30.5. The molecule has 42 heavy (non-hydrogen) atoms. The molecule has 226 valence electrons. The number of aliphatic hydroxyl groups excluding tert-OH is 5. The molecule has 8 N–H and O–H groups in total. The van der Waals surface area contributed by atoms with E-state index >= 15 is 0 Å². The average Bonchev–Trinajstić information content (AvgIpc) is 3.00. The highest BCUT2D eigenvalue weighted by Gasteiger charge is 2.31. The minimum absolute atomic E-state index is 0.0510. The first-order chi connectivity index (χ1) is 20.2. The monoisotopic (exact) mass is 580 g/mol. The molecule has 1 amide bonds. The minimum Gasteiger partial charge on any atom is -0.400 e. The summed E-state index contributed by atoms with van der Waals surface area (Å²) in [7, 11) is 1.46. The topological polar surface area (TPSA) is 189 Å². The summed E-state index contributed by atoms with van der Waals surface area (Å²) in [5.41, 5.74) is 10.3. The van der Waals surface area contributed by atoms with Crippen LogP contribution in [0.2, 0.25) is 0 Å². The Hall–Kier alpha value is -3.91. The normalized spacial score (nSPS) is 14.7. The number of carbonyl (C=O) groups excluding carboxylic acids is 1. The fraction of sp³-hybridized carbons (Fsp3) is 0.367. The second kappa shape index (κ2) is 16.5. The van der Waals surface area contributed by atoms with Crippen molar-refractivity contribution >= 4 is 11.6 Å². The molecule has 2 aromatic heterocycles. The van der Waals surface area contributed by atoms with Gasteiger partial charge < -0.3 is 41.5 Å². The molecule has 0 saturated heterocycles. The molecule has 0 radical (unpaired) electrons. The molecule has 0 fully saturated rings. The lowest BCUT2D eigenvalue weighted by molar-refractivity contribution is -0.137. The largest absolute Gasteiger partial charge is 0.400 e. The lowest BCUT2D eigenvalue weighted by Crippen LogP contribution is -2.50. The standard InChI is InChI=1S/C30H40N6O6/c1-35(19-26(38)29(41)30(42)27(39)20-37)28(40)14-21-8-10-23(11-9-21)34-15-22(31)16-36(17-24-6-2-4-12-32-24)18-25-7-3-5-13-33-25/h2-13,15,26-27,29-30,34,37-39,41-42H,14,16-20,31H2,1H3/b22-15-. The third-order valence-corrected chi connectivity index (χ3v) is 6.58. The van der Waals surface area contributed by atoms with Gasteiger partial charge in [-0.3, -0.25) is 19.7 Å². The van der Waals surface area contributed by atoms with Crippen LogP contribution in [0.1, 0.15) is 17.0 Å². The molecule has 0 saturated carbocycles. The van der Waals surface area contributed by atoms with Crippen LogP contribution in [0.4, 0.5) is 5.69 Å². The SMILES string of the molecule is CN(CC(O)C(O)C(O)C(O)CO)C(=O)Cc1ccc(N/C=C(\N)CN(Cc2ccccn2)Cc2ccccn2)cc1. The van der Waals surface area contributed by atoms with Gasteiger partial charge in [0.2, 0.25) is 5.91 Å². The molecule has 2 heterocycles. The predicted octanol–water partition coefficient (Wildman–Crippen LogP) is -0.172. The van der Waals surface area contributed by atoms with Crippen molar-refractivity contribution < 1.29 is 30.3 Å². The van der Waals surface area contributed by atoms with Crippen LogP contribution >= 0.6 is 0 Å². The molecular formula is C30H40N6O6. The third kappa shape index (κ3) is 10.5. The Morgan fingerprint density at radius 3 is 2.00 bits per heavy atom. The molecule has 0 spiro atoms. The van der Waals surface area contributed by atoms with Crippen molar-refractivity contribution in [1.82, 2.24) is 19.8 Å². The maximum atomic E-state index is 12.6. The summed E-state index contributed by atoms with van der Waals surface area (Å²) in [5, 5.41) is 51.4. The van der Waals surface area contributed by atoms with Crippen molar-refractivity contribution in [3.8, 4) is 0 Å². The number of rotatable bonds is 16. The second-order valence-corrected chi connectivity index (χ2v) is 10.1. The minimum atomic E-state index is -1.75. The maximum Gasteiger partial charge on any atom is 0.226 e. The van der Waals surface area contributed by atoms with Crippen LogP contribution in [-0.4, -0.2) is 102 Å². The second-order valence-electron chi connectivity index (χ2n) is 10.1. The van der Waals surface area contributed by atoms with Gasteiger partial charge >= 0.3 is 0 Å². The molecule has 0 aliphatic heterocycles. The van der Waals surface area contributed by atoms with E-state index in [0.717, 1.165) is 22.6 Å². The van der Waals surface area contributed by atoms with Gasteiger partial charge in [0.15, 0.2) is 0 Å². The van der Waals surface area contributed by atoms with Gasteiger partial charge in [-0.25, -0.2) is 0 Å². The number of hydrogen-bond acceptors (Lipinski definition) is 11. The Kier molecular flexibility index (Phi) is 12.8. The smallest absolute Gasteiger partial charge is 0.226 e. The molecule has 0 aliphatic rings. The van der Waals surface area contributed by atoms with Crippen molar-refractivity contribution in [2.75, 3.05) is 32.1 Å². The van der Waals surface area contributed by atoms with Crippen LogP contribution in [0.15, 0.2) is 85.0 Å². The van der Waals surface area contributed by atoms with Gasteiger partial charge in [-0.1, -0.05) is 24.3 Å². The van der Waals surface area contributed by atoms with E-state index in [0.29, 0.717) is 25.3 Å². The Labute approximate surface area is 245 Å². The first-order valence-corrected chi connectivity index (χ1v) is 13.6. The van der Waals surface area contributed by atoms with Crippen LogP contribution in [0.25, 0.3) is 0 Å². The van der Waals surface area contributed by atoms with Gasteiger partial charge in [0.05, 0.1) is 24.4 Å². The van der Waals surface area contributed by atoms with E-state index in [9.17, 15) is 25.2 Å². The summed E-state index contributed by atoms with van der Waals surface area (Å²) >= 11 is 0. The average molecular weight is 581 g/mol. The zero-order valence-corrected chi connectivity index (χ0v) is 23.6. The van der Waals surface area contributed by atoms with Crippen molar-refractivity contribution in [1.29, 1.82) is 0 Å². The number of carbonyl (C=O) groups is 1. The summed E-state index contributed by atoms with van der Waals surface area (Å²) < 4.78 is 0. The molecule has 4 atom stereocenters. The highest BCUT2D eigenvalue weighted by molar-refractivity contribution is 5.78. The number of anilines is 1. The molecule has 3 aromatic rings. The van der Waals surface area contributed by atoms with E-state index in [2.05, 4.69) is 20.2 Å². The van der Waals surface area contributed by atoms with E-state index < -0.39 is 31.0 Å². The van der Waals surface area contributed by atoms with Gasteiger partial charge in [-0.2, -0.15) is 0 Å². The van der Waals surface area contributed by atoms with Gasteiger partial charge in [-0.15, -0.1) is 0 Å². The Bertz CT molecular complexity index is 1210. The highest BCUT2D eigenvalue weighted by atomic mass is 16.4. The lowest BCUT2D eigenvalue weighted by Gasteiger charge is -2.28. The molecule has 12 heteroatoms. The summed E-state index contributed by atoms with van der Waals surface area (Å²) in [5.74, 6) is -0.316. The van der Waals surface area contributed by atoms with Gasteiger partial charge in [0.1, 0.15) is 24.4 Å². The first kappa shape index (κ1) is 32.6. The van der Waals surface area contributed by atoms with Gasteiger partial charge in [0.25, 0.3) is 0 Å². The molecule has 0 bridgehead atoms. The van der Waals surface area contributed by atoms with Crippen LogP contribution in [0.3, 0.4) is 0 Å². The molecular weight excluding hydrogens is 540 g/mol. The Morgan fingerprint density at radius 1 is 0.905 bits per heavy atom. The lowest BCUT2D eigenvalue weighted by atomic mass is 10.0. The van der Waals surface area contributed by atoms with E-state index in [1.165, 1.54) is 11.9 Å². The molecule has 3 rings (SSSR count).